The number of ether oxygens (including phenoxy) is 1. The number of benzene rings is 1. The van der Waals surface area contributed by atoms with E-state index >= 15 is 0 Å². The Kier molecular flexibility index (Phi) is 12.8. The van der Waals surface area contributed by atoms with Crippen LogP contribution in [0.3, 0.4) is 0 Å². The van der Waals surface area contributed by atoms with Gasteiger partial charge in [-0.05, 0) is 71.4 Å². The Balaban J connectivity index is 1.99. The molecule has 0 radical (unpaired) electrons. The van der Waals surface area contributed by atoms with E-state index in [1.807, 2.05) is 37.3 Å². The molecule has 1 heterocycles. The molecule has 0 aliphatic carbocycles. The molecule has 1 amide bonds. The highest BCUT2D eigenvalue weighted by Gasteiger charge is 2.30. The fourth-order valence-corrected chi connectivity index (χ4v) is 4.66. The number of carbonyl (C=O) groups is 2. The van der Waals surface area contributed by atoms with Crippen molar-refractivity contribution in [2.45, 2.75) is 77.9 Å². The van der Waals surface area contributed by atoms with Gasteiger partial charge in [0.05, 0.1) is 7.11 Å². The van der Waals surface area contributed by atoms with Crippen molar-refractivity contribution in [3.8, 4) is 0 Å². The van der Waals surface area contributed by atoms with Crippen LogP contribution in [0.5, 0.6) is 0 Å². The van der Waals surface area contributed by atoms with E-state index in [0.717, 1.165) is 47.7 Å². The molecule has 2 rings (SSSR count). The minimum Gasteiger partial charge on any atom is -0.467 e. The minimum absolute atomic E-state index is 0.181. The van der Waals surface area contributed by atoms with Gasteiger partial charge in [0.25, 0.3) is 0 Å². The first-order valence-corrected chi connectivity index (χ1v) is 14.0. The van der Waals surface area contributed by atoms with Gasteiger partial charge in [-0.2, -0.15) is 0 Å². The summed E-state index contributed by atoms with van der Waals surface area (Å²) in [6.45, 7) is 8.32. The molecule has 2 aromatic rings. The number of carbonyl (C=O) groups excluding carboxylic acids is 2. The lowest BCUT2D eigenvalue weighted by Crippen LogP contribution is -2.46. The molecule has 1 unspecified atom stereocenters. The maximum atomic E-state index is 13.0. The van der Waals surface area contributed by atoms with Gasteiger partial charge in [0, 0.05) is 23.5 Å². The van der Waals surface area contributed by atoms with Gasteiger partial charge in [0.2, 0.25) is 5.91 Å². The number of aromatic nitrogens is 1. The van der Waals surface area contributed by atoms with Crippen LogP contribution in [0, 0.1) is 0 Å². The summed E-state index contributed by atoms with van der Waals surface area (Å²) >= 11 is 0. The van der Waals surface area contributed by atoms with Crippen LogP contribution in [0.2, 0.25) is 0 Å². The highest BCUT2D eigenvalue weighted by atomic mass is 31.2. The maximum Gasteiger partial charge on any atom is 0.328 e. The molecule has 8 heteroatoms. The van der Waals surface area contributed by atoms with E-state index in [2.05, 4.69) is 43.2 Å². The molecule has 0 aliphatic heterocycles. The number of aromatic amines is 1. The first-order valence-electron chi connectivity index (χ1n) is 12.7. The maximum absolute atomic E-state index is 13.0. The number of nitrogens with one attached hydrogen (secondary N) is 2. The number of rotatable bonds is 14. The number of H-pyrrole nitrogens is 1. The predicted molar refractivity (Wildman–Crippen MR) is 151 cm³/mol. The average Bonchev–Trinajstić information content (AvgIpc) is 3.25. The zero-order valence-electron chi connectivity index (χ0n) is 22.6. The van der Waals surface area contributed by atoms with Gasteiger partial charge in [-0.25, -0.2) is 4.79 Å². The molecule has 0 saturated carbocycles. The summed E-state index contributed by atoms with van der Waals surface area (Å²) < 4.78 is 4.91. The number of hydrogen-bond donors (Lipinski definition) is 4. The normalized spacial score (nSPS) is 13.9. The van der Waals surface area contributed by atoms with Crippen LogP contribution in [0.25, 0.3) is 10.9 Å². The summed E-state index contributed by atoms with van der Waals surface area (Å²) in [6.07, 6.45) is 12.4. The van der Waals surface area contributed by atoms with Crippen LogP contribution in [-0.4, -0.2) is 45.5 Å². The third-order valence-corrected chi connectivity index (χ3v) is 7.30. The summed E-state index contributed by atoms with van der Waals surface area (Å²) in [5, 5.41) is 3.64. The molecule has 0 saturated heterocycles. The average molecular weight is 529 g/mol. The molecular weight excluding hydrogens is 487 g/mol. The van der Waals surface area contributed by atoms with Gasteiger partial charge in [0.15, 0.2) is 8.38 Å². The summed E-state index contributed by atoms with van der Waals surface area (Å²) in [4.78, 5) is 48.5. The van der Waals surface area contributed by atoms with E-state index in [9.17, 15) is 19.4 Å². The van der Waals surface area contributed by atoms with Gasteiger partial charge < -0.3 is 24.8 Å². The number of para-hydroxylation sites is 1. The van der Waals surface area contributed by atoms with Gasteiger partial charge in [-0.1, -0.05) is 53.1 Å². The van der Waals surface area contributed by atoms with Gasteiger partial charge in [-0.15, -0.1) is 0 Å². The molecule has 0 aliphatic rings. The third-order valence-electron chi connectivity index (χ3n) is 6.29. The summed E-state index contributed by atoms with van der Waals surface area (Å²) in [6, 6.07) is 6.74. The van der Waals surface area contributed by atoms with E-state index < -0.39 is 32.0 Å². The smallest absolute Gasteiger partial charge is 0.328 e. The highest BCUT2D eigenvalue weighted by Crippen LogP contribution is 2.34. The molecule has 4 N–H and O–H groups in total. The standard InChI is InChI=1S/C29H41N2O5P/c1-20(2)10-8-11-21(3)12-9-13-22(4)16-17-27(37(34)35)28(32)31-26(29(33)36-5)18-23-19-30-25-15-7-6-14-24(23)25/h6-7,10,12,14-16,19,26-27,30,34-35H,8-9,11,13,17-18H2,1-5H3,(H,31,32)/b21-12+,22-16+/t26-,27?/m0/s1. The quantitative estimate of drug-likeness (QED) is 0.140. The Hall–Kier alpha value is -2.73. The lowest BCUT2D eigenvalue weighted by atomic mass is 10.0. The van der Waals surface area contributed by atoms with Crippen molar-refractivity contribution >= 4 is 31.2 Å². The van der Waals surface area contributed by atoms with Crippen LogP contribution in [0.1, 0.15) is 65.4 Å². The molecule has 0 spiro atoms. The lowest BCUT2D eigenvalue weighted by molar-refractivity contribution is -0.145. The fraction of sp³-hybridized carbons (Fsp3) is 0.448. The molecule has 2 atom stereocenters. The molecular formula is C29H41N2O5P. The van der Waals surface area contributed by atoms with E-state index in [-0.39, 0.29) is 12.8 Å². The van der Waals surface area contributed by atoms with E-state index in [4.69, 9.17) is 4.74 Å². The number of methoxy groups -OCH3 is 1. The molecule has 1 aromatic carbocycles. The van der Waals surface area contributed by atoms with Crippen molar-refractivity contribution in [3.05, 3.63) is 71.0 Å². The number of esters is 1. The van der Waals surface area contributed by atoms with E-state index in [0.29, 0.717) is 0 Å². The first-order chi connectivity index (χ1) is 17.6. The molecule has 0 bridgehead atoms. The SMILES string of the molecule is COC(=O)[C@H](Cc1c[nH]c2ccccc12)NC(=O)C(C/C=C(\C)CC/C=C(\C)CCC=C(C)C)P(O)O. The fourth-order valence-electron chi connectivity index (χ4n) is 4.08. The summed E-state index contributed by atoms with van der Waals surface area (Å²) in [7, 11) is -1.27. The Morgan fingerprint density at radius 1 is 1.03 bits per heavy atom. The predicted octanol–water partition coefficient (Wildman–Crippen LogP) is 5.84. The number of fused-ring (bicyclic) bond motifs is 1. The third kappa shape index (κ3) is 10.3. The van der Waals surface area contributed by atoms with Gasteiger partial charge in [-0.3, -0.25) is 4.79 Å². The number of hydrogen-bond acceptors (Lipinski definition) is 5. The van der Waals surface area contributed by atoms with Crippen molar-refractivity contribution in [2.75, 3.05) is 7.11 Å². The molecule has 7 nitrogen and oxygen atoms in total. The molecule has 1 aromatic heterocycles. The zero-order chi connectivity index (χ0) is 27.4. The van der Waals surface area contributed by atoms with Crippen molar-refractivity contribution in [3.63, 3.8) is 0 Å². The largest absolute Gasteiger partial charge is 0.467 e. The second kappa shape index (κ2) is 15.5. The van der Waals surface area contributed by atoms with Crippen molar-refractivity contribution < 1.29 is 24.1 Å². The molecule has 202 valence electrons. The zero-order valence-corrected chi connectivity index (χ0v) is 23.5. The topological polar surface area (TPSA) is 112 Å². The molecule has 37 heavy (non-hydrogen) atoms. The van der Waals surface area contributed by atoms with Gasteiger partial charge >= 0.3 is 5.97 Å². The minimum atomic E-state index is -2.53. The van der Waals surface area contributed by atoms with Crippen LogP contribution >= 0.6 is 8.38 Å². The highest BCUT2D eigenvalue weighted by molar-refractivity contribution is 7.47. The Morgan fingerprint density at radius 3 is 2.32 bits per heavy atom. The van der Waals surface area contributed by atoms with E-state index in [1.54, 1.807) is 6.20 Å². The van der Waals surface area contributed by atoms with Crippen molar-refractivity contribution in [1.29, 1.82) is 0 Å². The number of amides is 1. The van der Waals surface area contributed by atoms with Crippen LogP contribution < -0.4 is 5.32 Å². The number of allylic oxidation sites excluding steroid dienone is 6. The second-order valence-electron chi connectivity index (χ2n) is 9.68. The van der Waals surface area contributed by atoms with E-state index in [1.165, 1.54) is 18.3 Å². The van der Waals surface area contributed by atoms with Crippen LogP contribution in [-0.2, 0) is 20.7 Å². The summed E-state index contributed by atoms with van der Waals surface area (Å²) in [5.74, 6) is -1.17. The second-order valence-corrected chi connectivity index (χ2v) is 10.9. The monoisotopic (exact) mass is 528 g/mol. The van der Waals surface area contributed by atoms with Crippen molar-refractivity contribution in [2.24, 2.45) is 0 Å². The van der Waals surface area contributed by atoms with Crippen LogP contribution in [0.4, 0.5) is 0 Å². The molecule has 0 fully saturated rings. The van der Waals surface area contributed by atoms with Crippen molar-refractivity contribution in [1.82, 2.24) is 10.3 Å². The first kappa shape index (κ1) is 30.5. The Morgan fingerprint density at radius 2 is 1.68 bits per heavy atom. The van der Waals surface area contributed by atoms with Gasteiger partial charge in [0.1, 0.15) is 11.7 Å². The Bertz CT molecular complexity index is 1130. The van der Waals surface area contributed by atoms with Crippen LogP contribution in [0.15, 0.2) is 65.4 Å². The lowest BCUT2D eigenvalue weighted by Gasteiger charge is -2.21. The summed E-state index contributed by atoms with van der Waals surface area (Å²) in [5.41, 5.74) is 4.50. The Labute approximate surface area is 221 Å².